The normalized spacial score (nSPS) is 15.2. The molecule has 3 aromatic rings. The summed E-state index contributed by atoms with van der Waals surface area (Å²) in [5.41, 5.74) is 3.01. The first-order valence-corrected chi connectivity index (χ1v) is 10.4. The quantitative estimate of drug-likeness (QED) is 0.452. The number of ether oxygens (including phenoxy) is 1. The molecule has 0 aliphatic heterocycles. The topological polar surface area (TPSA) is 78.9 Å². The van der Waals surface area contributed by atoms with Crippen LogP contribution in [0.15, 0.2) is 66.7 Å². The fraction of sp³-hybridized carbons (Fsp3) is 0.280. The number of rotatable bonds is 7. The van der Waals surface area contributed by atoms with Gasteiger partial charge in [0.1, 0.15) is 18.4 Å². The summed E-state index contributed by atoms with van der Waals surface area (Å²) < 4.78 is 5.95. The van der Waals surface area contributed by atoms with Crippen LogP contribution in [0.25, 0.3) is 10.8 Å². The first-order valence-electron chi connectivity index (χ1n) is 10.4. The first-order chi connectivity index (χ1) is 14.9. The van der Waals surface area contributed by atoms with E-state index >= 15 is 0 Å². The molecule has 2 amide bonds. The Hall–Kier alpha value is -3.38. The molecule has 4 rings (SSSR count). The lowest BCUT2D eigenvalue weighted by Crippen LogP contribution is -2.48. The molecule has 0 saturated heterocycles. The van der Waals surface area contributed by atoms with E-state index in [4.69, 9.17) is 9.94 Å². The number of nitrogens with zero attached hydrogens (tertiary/aromatic N) is 1. The van der Waals surface area contributed by atoms with Gasteiger partial charge in [0.05, 0.1) is 5.41 Å². The Morgan fingerprint density at radius 2 is 1.74 bits per heavy atom. The zero-order valence-electron chi connectivity index (χ0n) is 17.7. The number of amides is 2. The number of benzene rings is 3. The van der Waals surface area contributed by atoms with Gasteiger partial charge in [-0.25, -0.2) is 5.48 Å². The average Bonchev–Trinajstić information content (AvgIpc) is 3.63. The molecule has 0 radical (unpaired) electrons. The molecule has 1 atom stereocenters. The Balaban J connectivity index is 1.42. The van der Waals surface area contributed by atoms with E-state index < -0.39 is 17.4 Å². The van der Waals surface area contributed by atoms with Crippen LogP contribution in [-0.2, 0) is 21.6 Å². The standard InChI is InChI=1S/C25H26N2O4/c1-17(23(28)26-30)27(2)24(29)25(13-14-25)21-9-11-22(12-10-21)31-16-18-7-8-19-5-3-4-6-20(19)15-18/h3-12,15,17,30H,13-14,16H2,1-2H3,(H,26,28). The third kappa shape index (κ3) is 4.11. The third-order valence-electron chi connectivity index (χ3n) is 6.18. The summed E-state index contributed by atoms with van der Waals surface area (Å²) in [5.74, 6) is 0.0130. The highest BCUT2D eigenvalue weighted by molar-refractivity contribution is 5.94. The molecule has 0 heterocycles. The van der Waals surface area contributed by atoms with Crippen molar-refractivity contribution in [2.45, 2.75) is 37.8 Å². The molecule has 6 nitrogen and oxygen atoms in total. The van der Waals surface area contributed by atoms with Gasteiger partial charge in [-0.2, -0.15) is 0 Å². The molecule has 1 fully saturated rings. The van der Waals surface area contributed by atoms with Crippen LogP contribution in [0.1, 0.15) is 30.9 Å². The summed E-state index contributed by atoms with van der Waals surface area (Å²) in [7, 11) is 1.59. The second kappa shape index (κ2) is 8.40. The molecule has 0 spiro atoms. The van der Waals surface area contributed by atoms with Crippen LogP contribution in [0, 0.1) is 0 Å². The molecule has 1 aliphatic rings. The Morgan fingerprint density at radius 1 is 1.06 bits per heavy atom. The molecule has 2 N–H and O–H groups in total. The molecule has 31 heavy (non-hydrogen) atoms. The zero-order valence-corrected chi connectivity index (χ0v) is 17.7. The smallest absolute Gasteiger partial charge is 0.265 e. The van der Waals surface area contributed by atoms with Crippen LogP contribution in [0.3, 0.4) is 0 Å². The van der Waals surface area contributed by atoms with Gasteiger partial charge in [-0.1, -0.05) is 48.5 Å². The first kappa shape index (κ1) is 20.9. The maximum atomic E-state index is 13.0. The monoisotopic (exact) mass is 418 g/mol. The molecule has 1 saturated carbocycles. The minimum Gasteiger partial charge on any atom is -0.489 e. The summed E-state index contributed by atoms with van der Waals surface area (Å²) >= 11 is 0. The van der Waals surface area contributed by atoms with E-state index in [1.54, 1.807) is 19.5 Å². The van der Waals surface area contributed by atoms with Crippen molar-refractivity contribution >= 4 is 22.6 Å². The van der Waals surface area contributed by atoms with E-state index in [0.29, 0.717) is 6.61 Å². The maximum Gasteiger partial charge on any atom is 0.265 e. The lowest BCUT2D eigenvalue weighted by Gasteiger charge is -2.28. The molecular formula is C25H26N2O4. The van der Waals surface area contributed by atoms with Gasteiger partial charge in [0, 0.05) is 7.05 Å². The molecular weight excluding hydrogens is 392 g/mol. The van der Waals surface area contributed by atoms with Crippen LogP contribution < -0.4 is 10.2 Å². The van der Waals surface area contributed by atoms with Crippen molar-refractivity contribution < 1.29 is 19.5 Å². The van der Waals surface area contributed by atoms with Gasteiger partial charge in [-0.05, 0) is 59.9 Å². The van der Waals surface area contributed by atoms with Gasteiger partial charge < -0.3 is 9.64 Å². The largest absolute Gasteiger partial charge is 0.489 e. The molecule has 3 aromatic carbocycles. The maximum absolute atomic E-state index is 13.0. The van der Waals surface area contributed by atoms with Gasteiger partial charge in [0.2, 0.25) is 5.91 Å². The molecule has 1 unspecified atom stereocenters. The van der Waals surface area contributed by atoms with Gasteiger partial charge in [-0.3, -0.25) is 14.8 Å². The summed E-state index contributed by atoms with van der Waals surface area (Å²) in [4.78, 5) is 26.1. The number of carbonyl (C=O) groups excluding carboxylic acids is 2. The lowest BCUT2D eigenvalue weighted by molar-refractivity contribution is -0.143. The Kier molecular flexibility index (Phi) is 5.65. The van der Waals surface area contributed by atoms with Crippen molar-refractivity contribution in [3.8, 4) is 5.75 Å². The van der Waals surface area contributed by atoms with Crippen molar-refractivity contribution in [3.63, 3.8) is 0 Å². The van der Waals surface area contributed by atoms with E-state index in [-0.39, 0.29) is 5.91 Å². The zero-order chi connectivity index (χ0) is 22.0. The van der Waals surface area contributed by atoms with E-state index in [9.17, 15) is 9.59 Å². The van der Waals surface area contributed by atoms with Crippen molar-refractivity contribution in [3.05, 3.63) is 77.9 Å². The van der Waals surface area contributed by atoms with E-state index in [0.717, 1.165) is 29.7 Å². The number of likely N-dealkylation sites (N-methyl/N-ethyl adjacent to an activating group) is 1. The van der Waals surface area contributed by atoms with Crippen molar-refractivity contribution in [2.24, 2.45) is 0 Å². The Morgan fingerprint density at radius 3 is 2.39 bits per heavy atom. The summed E-state index contributed by atoms with van der Waals surface area (Å²) in [5, 5.41) is 11.2. The van der Waals surface area contributed by atoms with Crippen LogP contribution in [0.4, 0.5) is 0 Å². The predicted octanol–water partition coefficient (Wildman–Crippen LogP) is 3.80. The highest BCUT2D eigenvalue weighted by Gasteiger charge is 2.53. The predicted molar refractivity (Wildman–Crippen MR) is 118 cm³/mol. The molecule has 0 aromatic heterocycles. The Labute approximate surface area is 181 Å². The van der Waals surface area contributed by atoms with Crippen LogP contribution in [0.2, 0.25) is 0 Å². The van der Waals surface area contributed by atoms with Gasteiger partial charge in [0.15, 0.2) is 0 Å². The fourth-order valence-electron chi connectivity index (χ4n) is 3.90. The number of fused-ring (bicyclic) bond motifs is 1. The van der Waals surface area contributed by atoms with Gasteiger partial charge >= 0.3 is 0 Å². The van der Waals surface area contributed by atoms with Crippen LogP contribution in [0.5, 0.6) is 5.75 Å². The number of carbonyl (C=O) groups is 2. The van der Waals surface area contributed by atoms with Gasteiger partial charge in [-0.15, -0.1) is 0 Å². The second-order valence-corrected chi connectivity index (χ2v) is 8.14. The van der Waals surface area contributed by atoms with E-state index in [1.807, 2.05) is 36.4 Å². The number of hydrogen-bond acceptors (Lipinski definition) is 4. The molecule has 6 heteroatoms. The average molecular weight is 418 g/mol. The highest BCUT2D eigenvalue weighted by Crippen LogP contribution is 2.50. The minimum atomic E-state index is -0.750. The SMILES string of the molecule is CC(C(=O)NO)N(C)C(=O)C1(c2ccc(OCc3ccc4ccccc4c3)cc2)CC1. The summed E-state index contributed by atoms with van der Waals surface area (Å²) in [6, 6.07) is 21.4. The van der Waals surface area contributed by atoms with Crippen molar-refractivity contribution in [1.82, 2.24) is 10.4 Å². The highest BCUT2D eigenvalue weighted by atomic mass is 16.5. The number of hydrogen-bond donors (Lipinski definition) is 2. The van der Waals surface area contributed by atoms with E-state index in [2.05, 4.69) is 30.3 Å². The summed E-state index contributed by atoms with van der Waals surface area (Å²) in [6.45, 7) is 2.05. The Bertz CT molecular complexity index is 1110. The second-order valence-electron chi connectivity index (χ2n) is 8.14. The lowest BCUT2D eigenvalue weighted by atomic mass is 9.94. The van der Waals surface area contributed by atoms with Crippen LogP contribution >= 0.6 is 0 Å². The third-order valence-corrected chi connectivity index (χ3v) is 6.18. The minimum absolute atomic E-state index is 0.117. The van der Waals surface area contributed by atoms with Crippen molar-refractivity contribution in [2.75, 3.05) is 7.05 Å². The number of hydroxylamine groups is 1. The van der Waals surface area contributed by atoms with E-state index in [1.165, 1.54) is 15.7 Å². The van der Waals surface area contributed by atoms with Crippen LogP contribution in [-0.4, -0.2) is 35.0 Å². The molecule has 0 bridgehead atoms. The van der Waals surface area contributed by atoms with Crippen molar-refractivity contribution in [1.29, 1.82) is 0 Å². The fourth-order valence-corrected chi connectivity index (χ4v) is 3.90. The van der Waals surface area contributed by atoms with Gasteiger partial charge in [0.25, 0.3) is 5.91 Å². The summed E-state index contributed by atoms with van der Waals surface area (Å²) in [6.07, 6.45) is 1.47. The number of nitrogens with one attached hydrogen (secondary N) is 1. The molecule has 1 aliphatic carbocycles. The molecule has 160 valence electrons.